The number of nitrogens with one attached hydrogen (secondary N) is 1. The van der Waals surface area contributed by atoms with Gasteiger partial charge in [0.1, 0.15) is 11.1 Å². The van der Waals surface area contributed by atoms with Crippen LogP contribution in [0, 0.1) is 5.82 Å². The van der Waals surface area contributed by atoms with Gasteiger partial charge in [-0.25, -0.2) is 4.39 Å². The number of amides is 1. The molecule has 2 N–H and O–H groups in total. The molecule has 1 aromatic rings. The molecule has 0 saturated carbocycles. The zero-order valence-electron chi connectivity index (χ0n) is 9.85. The monoisotopic (exact) mass is 271 g/mol. The minimum atomic E-state index is -0.930. The van der Waals surface area contributed by atoms with Gasteiger partial charge in [-0.05, 0) is 24.6 Å². The molecule has 0 bridgehead atoms. The summed E-state index contributed by atoms with van der Waals surface area (Å²) in [4.78, 5) is 22.3. The minimum Gasteiger partial charge on any atom is -0.480 e. The summed E-state index contributed by atoms with van der Waals surface area (Å²) in [5, 5.41) is 10.7. The van der Waals surface area contributed by atoms with E-state index in [2.05, 4.69) is 5.32 Å². The molecule has 0 aliphatic heterocycles. The number of benzene rings is 1. The summed E-state index contributed by atoms with van der Waals surface area (Å²) in [6.45, 7) is 1.75. The fourth-order valence-electron chi connectivity index (χ4n) is 1.30. The molecule has 98 valence electrons. The van der Waals surface area contributed by atoms with Crippen LogP contribution < -0.4 is 5.32 Å². The normalized spacial score (nSPS) is 11.9. The molecule has 6 heteroatoms. The molecule has 4 nitrogen and oxygen atoms in total. The molecule has 0 heterocycles. The molecule has 1 atom stereocenters. The van der Waals surface area contributed by atoms with Gasteiger partial charge >= 0.3 is 5.97 Å². The first-order chi connectivity index (χ1) is 8.52. The second-order valence-corrected chi connectivity index (χ2v) is 4.80. The Morgan fingerprint density at radius 2 is 2.22 bits per heavy atom. The average Bonchev–Trinajstić information content (AvgIpc) is 2.29. The van der Waals surface area contributed by atoms with Crippen LogP contribution >= 0.6 is 11.8 Å². The van der Waals surface area contributed by atoms with Crippen LogP contribution in [-0.4, -0.2) is 28.0 Å². The molecule has 0 radical (unpaired) electrons. The number of carbonyl (C=O) groups is 2. The number of thioether (sulfide) groups is 1. The van der Waals surface area contributed by atoms with E-state index in [1.807, 2.05) is 0 Å². The molecule has 0 fully saturated rings. The van der Waals surface area contributed by atoms with Crippen molar-refractivity contribution in [1.82, 2.24) is 0 Å². The second kappa shape index (κ2) is 7.00. The predicted molar refractivity (Wildman–Crippen MR) is 69.2 cm³/mol. The van der Waals surface area contributed by atoms with Crippen LogP contribution in [-0.2, 0) is 9.59 Å². The minimum absolute atomic E-state index is 0.0291. The molecule has 0 spiro atoms. The lowest BCUT2D eigenvalue weighted by molar-refractivity contribution is -0.136. The molecular weight excluding hydrogens is 257 g/mol. The Kier molecular flexibility index (Phi) is 5.64. The Bertz CT molecular complexity index is 439. The van der Waals surface area contributed by atoms with Crippen molar-refractivity contribution in [3.63, 3.8) is 0 Å². The van der Waals surface area contributed by atoms with Gasteiger partial charge in [-0.3, -0.25) is 9.59 Å². The highest BCUT2D eigenvalue weighted by Gasteiger charge is 2.17. The standard InChI is InChI=1S/C12H14FNO3S/c1-2-10(12(16)17)18-7-11(15)14-9-5-3-4-8(13)6-9/h3-6,10H,2,7H2,1H3,(H,14,15)(H,16,17). The Morgan fingerprint density at radius 1 is 1.50 bits per heavy atom. The van der Waals surface area contributed by atoms with E-state index in [0.717, 1.165) is 11.8 Å². The van der Waals surface area contributed by atoms with E-state index < -0.39 is 17.0 Å². The first kappa shape index (κ1) is 14.5. The Hall–Kier alpha value is -1.56. The van der Waals surface area contributed by atoms with E-state index >= 15 is 0 Å². The first-order valence-corrected chi connectivity index (χ1v) is 6.47. The molecule has 1 aromatic carbocycles. The van der Waals surface area contributed by atoms with Crippen molar-refractivity contribution >= 4 is 29.3 Å². The van der Waals surface area contributed by atoms with E-state index in [0.29, 0.717) is 12.1 Å². The summed E-state index contributed by atoms with van der Waals surface area (Å²) < 4.78 is 12.9. The van der Waals surface area contributed by atoms with Gasteiger partial charge in [-0.1, -0.05) is 13.0 Å². The zero-order valence-corrected chi connectivity index (χ0v) is 10.7. The number of carboxylic acid groups (broad SMARTS) is 1. The topological polar surface area (TPSA) is 66.4 Å². The summed E-state index contributed by atoms with van der Waals surface area (Å²) in [6, 6.07) is 5.54. The molecule has 18 heavy (non-hydrogen) atoms. The molecule has 1 unspecified atom stereocenters. The van der Waals surface area contributed by atoms with Gasteiger partial charge in [0.05, 0.1) is 5.75 Å². The van der Waals surface area contributed by atoms with Crippen molar-refractivity contribution in [2.75, 3.05) is 11.1 Å². The first-order valence-electron chi connectivity index (χ1n) is 5.42. The van der Waals surface area contributed by atoms with Gasteiger partial charge in [-0.2, -0.15) is 0 Å². The van der Waals surface area contributed by atoms with Crippen molar-refractivity contribution in [3.8, 4) is 0 Å². The summed E-state index contributed by atoms with van der Waals surface area (Å²) in [7, 11) is 0. The van der Waals surface area contributed by atoms with Crippen LogP contribution in [0.25, 0.3) is 0 Å². The molecule has 0 aliphatic rings. The number of anilines is 1. The van der Waals surface area contributed by atoms with E-state index in [9.17, 15) is 14.0 Å². The van der Waals surface area contributed by atoms with Gasteiger partial charge in [0.25, 0.3) is 0 Å². The summed E-state index contributed by atoms with van der Waals surface area (Å²) in [5.41, 5.74) is 0.365. The number of aliphatic carboxylic acids is 1. The number of hydrogen-bond donors (Lipinski definition) is 2. The summed E-state index contributed by atoms with van der Waals surface area (Å²) >= 11 is 1.06. The third kappa shape index (κ3) is 4.75. The van der Waals surface area contributed by atoms with Crippen molar-refractivity contribution in [3.05, 3.63) is 30.1 Å². The van der Waals surface area contributed by atoms with E-state index in [1.54, 1.807) is 13.0 Å². The van der Waals surface area contributed by atoms with Crippen LogP contribution in [0.3, 0.4) is 0 Å². The van der Waals surface area contributed by atoms with Gasteiger partial charge in [-0.15, -0.1) is 11.8 Å². The van der Waals surface area contributed by atoms with Gasteiger partial charge in [0, 0.05) is 5.69 Å². The molecule has 0 aliphatic carbocycles. The molecule has 1 amide bonds. The van der Waals surface area contributed by atoms with E-state index in [4.69, 9.17) is 5.11 Å². The number of halogens is 1. The lowest BCUT2D eigenvalue weighted by Crippen LogP contribution is -2.20. The van der Waals surface area contributed by atoms with Crippen LogP contribution in [0.1, 0.15) is 13.3 Å². The number of carboxylic acids is 1. The van der Waals surface area contributed by atoms with Gasteiger partial charge in [0.2, 0.25) is 5.91 Å². The number of rotatable bonds is 6. The van der Waals surface area contributed by atoms with Crippen LogP contribution in [0.2, 0.25) is 0 Å². The Balaban J connectivity index is 2.45. The quantitative estimate of drug-likeness (QED) is 0.833. The molecule has 0 aromatic heterocycles. The second-order valence-electron chi connectivity index (χ2n) is 3.60. The third-order valence-corrected chi connectivity index (χ3v) is 3.54. The molecule has 0 saturated heterocycles. The van der Waals surface area contributed by atoms with Crippen molar-refractivity contribution in [2.24, 2.45) is 0 Å². The molecule has 1 rings (SSSR count). The number of hydrogen-bond acceptors (Lipinski definition) is 3. The zero-order chi connectivity index (χ0) is 13.5. The van der Waals surface area contributed by atoms with E-state index in [1.165, 1.54) is 18.2 Å². The highest BCUT2D eigenvalue weighted by molar-refractivity contribution is 8.01. The maximum atomic E-state index is 12.9. The van der Waals surface area contributed by atoms with Crippen LogP contribution in [0.5, 0.6) is 0 Å². The van der Waals surface area contributed by atoms with Crippen molar-refractivity contribution in [1.29, 1.82) is 0 Å². The molecular formula is C12H14FNO3S. The van der Waals surface area contributed by atoms with Gasteiger partial charge < -0.3 is 10.4 Å². The summed E-state index contributed by atoms with van der Waals surface area (Å²) in [6.07, 6.45) is 0.452. The number of carbonyl (C=O) groups excluding carboxylic acids is 1. The van der Waals surface area contributed by atoms with E-state index in [-0.39, 0.29) is 11.7 Å². The smallest absolute Gasteiger partial charge is 0.316 e. The maximum absolute atomic E-state index is 12.9. The SMILES string of the molecule is CCC(SCC(=O)Nc1cccc(F)c1)C(=O)O. The average molecular weight is 271 g/mol. The predicted octanol–water partition coefficient (Wildman–Crippen LogP) is 2.36. The fourth-order valence-corrected chi connectivity index (χ4v) is 2.11. The third-order valence-electron chi connectivity index (χ3n) is 2.17. The van der Waals surface area contributed by atoms with Gasteiger partial charge in [0.15, 0.2) is 0 Å². The summed E-state index contributed by atoms with van der Waals surface area (Å²) in [5.74, 6) is -1.68. The highest BCUT2D eigenvalue weighted by Crippen LogP contribution is 2.16. The fraction of sp³-hybridized carbons (Fsp3) is 0.333. The van der Waals surface area contributed by atoms with Crippen LogP contribution in [0.15, 0.2) is 24.3 Å². The highest BCUT2D eigenvalue weighted by atomic mass is 32.2. The lowest BCUT2D eigenvalue weighted by atomic mass is 10.3. The largest absolute Gasteiger partial charge is 0.480 e. The Morgan fingerprint density at radius 3 is 2.78 bits per heavy atom. The van der Waals surface area contributed by atoms with Crippen molar-refractivity contribution < 1.29 is 19.1 Å². The van der Waals surface area contributed by atoms with Crippen molar-refractivity contribution in [2.45, 2.75) is 18.6 Å². The Labute approximate surface area is 109 Å². The lowest BCUT2D eigenvalue weighted by Gasteiger charge is -2.09. The maximum Gasteiger partial charge on any atom is 0.316 e. The van der Waals surface area contributed by atoms with Crippen LogP contribution in [0.4, 0.5) is 10.1 Å².